The van der Waals surface area contributed by atoms with E-state index in [9.17, 15) is 14.9 Å². The van der Waals surface area contributed by atoms with Crippen LogP contribution in [0.1, 0.15) is 16.1 Å². The maximum Gasteiger partial charge on any atom is 0.269 e. The van der Waals surface area contributed by atoms with Gasteiger partial charge in [0, 0.05) is 23.4 Å². The van der Waals surface area contributed by atoms with Gasteiger partial charge in [0.2, 0.25) is 5.78 Å². The van der Waals surface area contributed by atoms with Crippen LogP contribution in [0.3, 0.4) is 0 Å². The highest BCUT2D eigenvalue weighted by molar-refractivity contribution is 6.12. The van der Waals surface area contributed by atoms with Crippen molar-refractivity contribution in [3.05, 3.63) is 118 Å². The number of allylic oxidation sites excluding steroid dienone is 1. The van der Waals surface area contributed by atoms with Crippen LogP contribution >= 0.6 is 0 Å². The van der Waals surface area contributed by atoms with E-state index in [1.807, 2.05) is 36.4 Å². The van der Waals surface area contributed by atoms with Gasteiger partial charge < -0.3 is 5.32 Å². The van der Waals surface area contributed by atoms with Crippen molar-refractivity contribution in [3.63, 3.8) is 0 Å². The minimum atomic E-state index is -0.462. The Hall–Kier alpha value is -4.59. The number of hydrogen-bond donors (Lipinski definition) is 1. The van der Waals surface area contributed by atoms with Crippen LogP contribution in [0.4, 0.5) is 11.4 Å². The van der Waals surface area contributed by atoms with Crippen molar-refractivity contribution in [2.75, 3.05) is 5.32 Å². The maximum absolute atomic E-state index is 13.1. The molecule has 8 nitrogen and oxygen atoms in total. The molecule has 0 unspecified atom stereocenters. The number of rotatable bonds is 7. The van der Waals surface area contributed by atoms with Crippen molar-refractivity contribution in [3.8, 4) is 5.69 Å². The van der Waals surface area contributed by atoms with Crippen LogP contribution in [0.5, 0.6) is 0 Å². The van der Waals surface area contributed by atoms with Crippen LogP contribution in [-0.4, -0.2) is 25.7 Å². The predicted octanol–water partition coefficient (Wildman–Crippen LogP) is 4.51. The summed E-state index contributed by atoms with van der Waals surface area (Å²) in [6.07, 6.45) is 3.27. The smallest absolute Gasteiger partial charge is 0.269 e. The number of anilines is 1. The molecule has 4 rings (SSSR count). The Labute approximate surface area is 177 Å². The molecule has 8 heteroatoms. The van der Waals surface area contributed by atoms with Gasteiger partial charge in [-0.15, -0.1) is 5.10 Å². The number of aromatic nitrogens is 3. The summed E-state index contributed by atoms with van der Waals surface area (Å²) in [5, 5.41) is 22.2. The van der Waals surface area contributed by atoms with E-state index < -0.39 is 4.92 Å². The molecule has 0 aliphatic heterocycles. The highest BCUT2D eigenvalue weighted by Crippen LogP contribution is 2.18. The zero-order valence-electron chi connectivity index (χ0n) is 16.3. The van der Waals surface area contributed by atoms with E-state index in [2.05, 4.69) is 15.6 Å². The molecule has 1 aromatic heterocycles. The van der Waals surface area contributed by atoms with Crippen LogP contribution in [0.25, 0.3) is 11.8 Å². The number of hydrogen-bond acceptors (Lipinski definition) is 6. The van der Waals surface area contributed by atoms with Crippen molar-refractivity contribution in [2.45, 2.75) is 0 Å². The zero-order valence-corrected chi connectivity index (χ0v) is 16.3. The number of para-hydroxylation sites is 1. The first-order valence-corrected chi connectivity index (χ1v) is 9.41. The first-order valence-electron chi connectivity index (χ1n) is 9.41. The van der Waals surface area contributed by atoms with Gasteiger partial charge in [-0.3, -0.25) is 14.9 Å². The minimum Gasteiger partial charge on any atom is -0.352 e. The molecule has 0 radical (unpaired) electrons. The zero-order chi connectivity index (χ0) is 21.6. The van der Waals surface area contributed by atoms with Crippen LogP contribution in [0.2, 0.25) is 0 Å². The quantitative estimate of drug-likeness (QED) is 0.208. The van der Waals surface area contributed by atoms with Gasteiger partial charge in [-0.1, -0.05) is 53.7 Å². The molecule has 152 valence electrons. The van der Waals surface area contributed by atoms with E-state index in [1.54, 1.807) is 48.7 Å². The Morgan fingerprint density at radius 2 is 1.58 bits per heavy atom. The topological polar surface area (TPSA) is 103 Å². The average molecular weight is 411 g/mol. The van der Waals surface area contributed by atoms with Crippen molar-refractivity contribution >= 4 is 23.2 Å². The Balaban J connectivity index is 1.66. The van der Waals surface area contributed by atoms with Crippen LogP contribution in [-0.2, 0) is 0 Å². The number of nitrogens with one attached hydrogen (secondary N) is 1. The lowest BCUT2D eigenvalue weighted by molar-refractivity contribution is -0.384. The highest BCUT2D eigenvalue weighted by atomic mass is 16.6. The summed E-state index contributed by atoms with van der Waals surface area (Å²) in [5.41, 5.74) is 2.71. The summed E-state index contributed by atoms with van der Waals surface area (Å²) in [6.45, 7) is 0. The van der Waals surface area contributed by atoms with Gasteiger partial charge in [0.15, 0.2) is 0 Å². The van der Waals surface area contributed by atoms with Crippen molar-refractivity contribution in [2.24, 2.45) is 0 Å². The van der Waals surface area contributed by atoms with Gasteiger partial charge >= 0.3 is 0 Å². The normalized spacial score (nSPS) is 11.2. The third kappa shape index (κ3) is 4.70. The molecule has 4 aromatic rings. The van der Waals surface area contributed by atoms with Crippen LogP contribution in [0.15, 0.2) is 96.8 Å². The lowest BCUT2D eigenvalue weighted by Crippen LogP contribution is -2.11. The van der Waals surface area contributed by atoms with Gasteiger partial charge in [-0.2, -0.15) is 0 Å². The summed E-state index contributed by atoms with van der Waals surface area (Å²) in [5.74, 6) is -0.186. The molecule has 0 aliphatic rings. The van der Waals surface area contributed by atoms with E-state index in [0.717, 1.165) is 5.69 Å². The number of carbonyl (C=O) groups excluding carboxylic acids is 1. The minimum absolute atomic E-state index is 0.00760. The molecular formula is C23H17N5O3. The van der Waals surface area contributed by atoms with Crippen LogP contribution in [0, 0.1) is 10.1 Å². The SMILES string of the molecule is O=C(/C(=C\c1cn(-c2ccc([N+](=O)[O-])cc2)nn1)Nc1ccccc1)c1ccccc1. The number of benzene rings is 3. The molecule has 3 aromatic carbocycles. The van der Waals surface area contributed by atoms with E-state index in [0.29, 0.717) is 22.6 Å². The molecule has 0 aliphatic carbocycles. The number of carbonyl (C=O) groups is 1. The van der Waals surface area contributed by atoms with E-state index in [-0.39, 0.29) is 11.5 Å². The number of Topliss-reactive ketones (excluding diaryl/α,β-unsaturated/α-hetero) is 1. The van der Waals surface area contributed by atoms with Crippen molar-refractivity contribution < 1.29 is 9.72 Å². The molecule has 0 saturated heterocycles. The lowest BCUT2D eigenvalue weighted by atomic mass is 10.1. The van der Waals surface area contributed by atoms with E-state index in [1.165, 1.54) is 16.8 Å². The summed E-state index contributed by atoms with van der Waals surface area (Å²) in [6, 6.07) is 24.3. The first-order chi connectivity index (χ1) is 15.1. The Kier molecular flexibility index (Phi) is 5.62. The fourth-order valence-corrected chi connectivity index (χ4v) is 2.92. The second-order valence-electron chi connectivity index (χ2n) is 6.61. The largest absolute Gasteiger partial charge is 0.352 e. The number of non-ortho nitro benzene ring substituents is 1. The second kappa shape index (κ2) is 8.83. The average Bonchev–Trinajstić information content (AvgIpc) is 3.28. The predicted molar refractivity (Wildman–Crippen MR) is 117 cm³/mol. The summed E-state index contributed by atoms with van der Waals surface area (Å²) in [7, 11) is 0. The molecule has 31 heavy (non-hydrogen) atoms. The van der Waals surface area contributed by atoms with Crippen molar-refractivity contribution in [1.29, 1.82) is 0 Å². The number of nitro benzene ring substituents is 1. The maximum atomic E-state index is 13.1. The van der Waals surface area contributed by atoms with Crippen molar-refractivity contribution in [1.82, 2.24) is 15.0 Å². The van der Waals surface area contributed by atoms with Crippen LogP contribution < -0.4 is 5.32 Å². The summed E-state index contributed by atoms with van der Waals surface area (Å²) < 4.78 is 1.49. The Bertz CT molecular complexity index is 1230. The third-order valence-electron chi connectivity index (χ3n) is 4.46. The van der Waals surface area contributed by atoms with Gasteiger partial charge in [0.1, 0.15) is 5.69 Å². The molecule has 0 fully saturated rings. The Morgan fingerprint density at radius 1 is 0.935 bits per heavy atom. The lowest BCUT2D eigenvalue weighted by Gasteiger charge is -2.10. The fraction of sp³-hybridized carbons (Fsp3) is 0. The standard InChI is InChI=1S/C23H17N5O3/c29-23(17-7-3-1-4-8-17)22(24-18-9-5-2-6-10-18)15-19-16-27(26-25-19)20-11-13-21(14-12-20)28(30)31/h1-16,24H/b22-15+. The Morgan fingerprint density at radius 3 is 2.23 bits per heavy atom. The molecule has 0 atom stereocenters. The van der Waals surface area contributed by atoms with Gasteiger partial charge in [0.05, 0.1) is 22.5 Å². The molecule has 0 bridgehead atoms. The first kappa shape index (κ1) is 19.7. The number of nitro groups is 1. The molecule has 0 spiro atoms. The van der Waals surface area contributed by atoms with Gasteiger partial charge in [-0.05, 0) is 30.3 Å². The number of nitrogens with zero attached hydrogens (tertiary/aromatic N) is 4. The monoisotopic (exact) mass is 411 g/mol. The molecule has 1 N–H and O–H groups in total. The summed E-state index contributed by atoms with van der Waals surface area (Å²) in [4.78, 5) is 23.4. The molecule has 0 amide bonds. The summed E-state index contributed by atoms with van der Waals surface area (Å²) >= 11 is 0. The highest BCUT2D eigenvalue weighted by Gasteiger charge is 2.14. The molecule has 1 heterocycles. The second-order valence-corrected chi connectivity index (χ2v) is 6.61. The fourth-order valence-electron chi connectivity index (χ4n) is 2.92. The van der Waals surface area contributed by atoms with E-state index >= 15 is 0 Å². The number of ketones is 1. The van der Waals surface area contributed by atoms with Gasteiger partial charge in [0.25, 0.3) is 5.69 Å². The van der Waals surface area contributed by atoms with Gasteiger partial charge in [-0.25, -0.2) is 4.68 Å². The molecular weight excluding hydrogens is 394 g/mol. The third-order valence-corrected chi connectivity index (χ3v) is 4.46. The molecule has 0 saturated carbocycles. The van der Waals surface area contributed by atoms with E-state index in [4.69, 9.17) is 0 Å².